The number of carboxylic acids is 1. The van der Waals surface area contributed by atoms with Gasteiger partial charge < -0.3 is 25.9 Å². The molecule has 1 aromatic heterocycles. The summed E-state index contributed by atoms with van der Waals surface area (Å²) in [5.74, 6) is -1.18. The van der Waals surface area contributed by atoms with Crippen molar-refractivity contribution in [3.63, 3.8) is 0 Å². The fraction of sp³-hybridized carbons (Fsp3) is 0.562. The van der Waals surface area contributed by atoms with Crippen LogP contribution in [0.1, 0.15) is 49.1 Å². The van der Waals surface area contributed by atoms with Gasteiger partial charge in [-0.2, -0.15) is 0 Å². The number of carbonyl (C=O) groups is 3. The average molecular weight is 465 g/mol. The van der Waals surface area contributed by atoms with Crippen molar-refractivity contribution in [1.29, 1.82) is 0 Å². The Bertz CT molecular complexity index is 576. The zero-order valence-corrected chi connectivity index (χ0v) is 16.1. The van der Waals surface area contributed by atoms with E-state index in [1.54, 1.807) is 12.1 Å². The Balaban J connectivity index is 1.99. The zero-order valence-electron chi connectivity index (χ0n) is 13.9. The Morgan fingerprint density at radius 1 is 1.12 bits per heavy atom. The van der Waals surface area contributed by atoms with Crippen LogP contribution in [0.2, 0.25) is 0 Å². The second-order valence-electron chi connectivity index (χ2n) is 5.60. The lowest BCUT2D eigenvalue weighted by molar-refractivity contribution is -0.137. The molecule has 0 spiro atoms. The number of aliphatic carboxylic acids is 1. The Labute approximate surface area is 160 Å². The van der Waals surface area contributed by atoms with E-state index in [9.17, 15) is 14.4 Å². The first-order valence-electron chi connectivity index (χ1n) is 8.18. The molecule has 1 rings (SSSR count). The highest BCUT2D eigenvalue weighted by atomic mass is 127. The van der Waals surface area contributed by atoms with Crippen molar-refractivity contribution in [2.24, 2.45) is 5.73 Å². The summed E-state index contributed by atoms with van der Waals surface area (Å²) < 4.78 is 5.89. The highest BCUT2D eigenvalue weighted by Crippen LogP contribution is 2.09. The largest absolute Gasteiger partial charge is 0.481 e. The van der Waals surface area contributed by atoms with Gasteiger partial charge in [-0.3, -0.25) is 14.4 Å². The van der Waals surface area contributed by atoms with Gasteiger partial charge in [0.25, 0.3) is 5.91 Å². The third-order valence-electron chi connectivity index (χ3n) is 3.49. The molecule has 0 fully saturated rings. The van der Waals surface area contributed by atoms with Crippen LogP contribution < -0.4 is 16.4 Å². The molecule has 0 bridgehead atoms. The van der Waals surface area contributed by atoms with Crippen molar-refractivity contribution in [1.82, 2.24) is 10.6 Å². The minimum absolute atomic E-state index is 0.114. The first kappa shape index (κ1) is 21.4. The Morgan fingerprint density at radius 2 is 1.76 bits per heavy atom. The van der Waals surface area contributed by atoms with E-state index in [0.29, 0.717) is 22.6 Å². The van der Waals surface area contributed by atoms with Gasteiger partial charge in [0.05, 0.1) is 6.04 Å². The fourth-order valence-corrected chi connectivity index (χ4v) is 2.50. The molecule has 1 heterocycles. The molecular weight excluding hydrogens is 441 g/mol. The third kappa shape index (κ3) is 9.44. The lowest BCUT2D eigenvalue weighted by Gasteiger charge is -2.11. The quantitative estimate of drug-likeness (QED) is 0.273. The summed E-state index contributed by atoms with van der Waals surface area (Å²) in [7, 11) is 0. The van der Waals surface area contributed by atoms with E-state index in [4.69, 9.17) is 15.3 Å². The molecule has 0 radical (unpaired) electrons. The molecule has 0 saturated carbocycles. The summed E-state index contributed by atoms with van der Waals surface area (Å²) in [6, 6.07) is 2.59. The Hall–Kier alpha value is -1.62. The van der Waals surface area contributed by atoms with Gasteiger partial charge in [-0.25, -0.2) is 0 Å². The lowest BCUT2D eigenvalue weighted by Crippen LogP contribution is -2.41. The number of carbonyl (C=O) groups excluding carboxylic acids is 2. The molecule has 8 nitrogen and oxygen atoms in total. The summed E-state index contributed by atoms with van der Waals surface area (Å²) in [5.41, 5.74) is 5.60. The Kier molecular flexibility index (Phi) is 10.2. The molecule has 5 N–H and O–H groups in total. The zero-order chi connectivity index (χ0) is 18.7. The number of halogens is 1. The van der Waals surface area contributed by atoms with Crippen LogP contribution in [0.25, 0.3) is 0 Å². The minimum Gasteiger partial charge on any atom is -0.481 e. The van der Waals surface area contributed by atoms with E-state index in [1.807, 2.05) is 22.6 Å². The van der Waals surface area contributed by atoms with Crippen LogP contribution in [0.3, 0.4) is 0 Å². The molecule has 9 heteroatoms. The fourth-order valence-electron chi connectivity index (χ4n) is 2.08. The van der Waals surface area contributed by atoms with Crippen molar-refractivity contribution < 1.29 is 23.9 Å². The van der Waals surface area contributed by atoms with E-state index >= 15 is 0 Å². The van der Waals surface area contributed by atoms with Gasteiger partial charge in [0.1, 0.15) is 0 Å². The monoisotopic (exact) mass is 465 g/mol. The highest BCUT2D eigenvalue weighted by molar-refractivity contribution is 14.1. The summed E-state index contributed by atoms with van der Waals surface area (Å²) in [4.78, 5) is 33.8. The van der Waals surface area contributed by atoms with Crippen LogP contribution in [0.5, 0.6) is 0 Å². The second-order valence-corrected chi connectivity index (χ2v) is 6.67. The van der Waals surface area contributed by atoms with Gasteiger partial charge in [-0.05, 0) is 54.0 Å². The van der Waals surface area contributed by atoms with Crippen LogP contribution in [0.15, 0.2) is 16.5 Å². The molecule has 2 amide bonds. The number of furan rings is 1. The van der Waals surface area contributed by atoms with Gasteiger partial charge >= 0.3 is 5.97 Å². The number of nitrogens with two attached hydrogens (primary N) is 1. The SMILES string of the molecule is NC(CCC(=O)O)C(=O)NCCCCCCNC(=O)c1ccc(I)o1. The summed E-state index contributed by atoms with van der Waals surface area (Å²) >= 11 is 2.00. The summed E-state index contributed by atoms with van der Waals surface area (Å²) in [6.45, 7) is 1.08. The number of hydrogen-bond acceptors (Lipinski definition) is 5. The van der Waals surface area contributed by atoms with Crippen molar-refractivity contribution in [2.75, 3.05) is 13.1 Å². The molecule has 1 unspecified atom stereocenters. The van der Waals surface area contributed by atoms with Crippen molar-refractivity contribution in [2.45, 2.75) is 44.6 Å². The molecule has 0 aliphatic rings. The molecule has 0 saturated heterocycles. The van der Waals surface area contributed by atoms with E-state index < -0.39 is 12.0 Å². The van der Waals surface area contributed by atoms with Crippen LogP contribution in [-0.4, -0.2) is 42.0 Å². The molecule has 140 valence electrons. The summed E-state index contributed by atoms with van der Waals surface area (Å²) in [6.07, 6.45) is 3.51. The van der Waals surface area contributed by atoms with Crippen LogP contribution in [0.4, 0.5) is 0 Å². The molecule has 0 aliphatic heterocycles. The number of amides is 2. The first-order valence-corrected chi connectivity index (χ1v) is 9.26. The standard InChI is InChI=1S/C16H24IN3O5/c17-13-7-6-12(25-13)16(24)20-10-4-2-1-3-9-19-15(23)11(18)5-8-14(21)22/h6-7,11H,1-5,8-10,18H2,(H,19,23)(H,20,24)(H,21,22). The van der Waals surface area contributed by atoms with E-state index in [1.165, 1.54) is 0 Å². The van der Waals surface area contributed by atoms with Gasteiger partial charge in [-0.1, -0.05) is 12.8 Å². The maximum atomic E-state index is 11.7. The maximum absolute atomic E-state index is 11.7. The first-order chi connectivity index (χ1) is 11.9. The highest BCUT2D eigenvalue weighted by Gasteiger charge is 2.14. The molecule has 0 aliphatic carbocycles. The van der Waals surface area contributed by atoms with E-state index in [0.717, 1.165) is 25.7 Å². The smallest absolute Gasteiger partial charge is 0.303 e. The van der Waals surface area contributed by atoms with Gasteiger partial charge in [0, 0.05) is 19.5 Å². The molecule has 25 heavy (non-hydrogen) atoms. The maximum Gasteiger partial charge on any atom is 0.303 e. The molecule has 0 aromatic carbocycles. The van der Waals surface area contributed by atoms with Gasteiger partial charge in [0.2, 0.25) is 5.91 Å². The normalized spacial score (nSPS) is 11.8. The third-order valence-corrected chi connectivity index (χ3v) is 4.07. The number of hydrogen-bond donors (Lipinski definition) is 4. The molecule has 1 atom stereocenters. The number of rotatable bonds is 12. The molecule has 1 aromatic rings. The number of nitrogens with one attached hydrogen (secondary N) is 2. The predicted molar refractivity (Wildman–Crippen MR) is 100 cm³/mol. The van der Waals surface area contributed by atoms with Crippen LogP contribution in [-0.2, 0) is 9.59 Å². The van der Waals surface area contributed by atoms with E-state index in [2.05, 4.69) is 10.6 Å². The van der Waals surface area contributed by atoms with Crippen molar-refractivity contribution >= 4 is 40.4 Å². The average Bonchev–Trinajstić information content (AvgIpc) is 3.01. The van der Waals surface area contributed by atoms with Gasteiger partial charge in [0.15, 0.2) is 9.53 Å². The van der Waals surface area contributed by atoms with Crippen LogP contribution in [0, 0.1) is 3.77 Å². The topological polar surface area (TPSA) is 135 Å². The molecular formula is C16H24IN3O5. The predicted octanol–water partition coefficient (Wildman–Crippen LogP) is 1.48. The minimum atomic E-state index is -0.961. The van der Waals surface area contributed by atoms with Crippen LogP contribution >= 0.6 is 22.6 Å². The summed E-state index contributed by atoms with van der Waals surface area (Å²) in [5, 5.41) is 14.0. The van der Waals surface area contributed by atoms with Crippen molar-refractivity contribution in [3.8, 4) is 0 Å². The lowest BCUT2D eigenvalue weighted by atomic mass is 10.1. The number of carboxylic acid groups (broad SMARTS) is 1. The van der Waals surface area contributed by atoms with E-state index in [-0.39, 0.29) is 24.7 Å². The number of unbranched alkanes of at least 4 members (excludes halogenated alkanes) is 3. The van der Waals surface area contributed by atoms with Crippen molar-refractivity contribution in [3.05, 3.63) is 21.7 Å². The second kappa shape index (κ2) is 11.9. The van der Waals surface area contributed by atoms with Gasteiger partial charge in [-0.15, -0.1) is 0 Å². The Morgan fingerprint density at radius 3 is 2.32 bits per heavy atom.